The molecule has 2 N–H and O–H groups in total. The van der Waals surface area contributed by atoms with Gasteiger partial charge in [-0.2, -0.15) is 0 Å². The minimum Gasteiger partial charge on any atom is -0.478 e. The topological polar surface area (TPSA) is 62.2 Å². The highest BCUT2D eigenvalue weighted by atomic mass is 35.5. The highest BCUT2D eigenvalue weighted by Gasteiger charge is 2.16. The molecule has 1 heterocycles. The van der Waals surface area contributed by atoms with E-state index in [1.807, 2.05) is 20.8 Å². The van der Waals surface area contributed by atoms with Gasteiger partial charge in [0.15, 0.2) is 0 Å². The number of halogens is 1. The van der Waals surface area contributed by atoms with Gasteiger partial charge in [-0.15, -0.1) is 11.3 Å². The average molecular weight is 311 g/mol. The second kappa shape index (κ2) is 5.81. The predicted molar refractivity (Wildman–Crippen MR) is 82.0 cm³/mol. The molecule has 0 aliphatic rings. The van der Waals surface area contributed by atoms with Gasteiger partial charge in [-0.3, -0.25) is 0 Å². The molecule has 0 amide bonds. The predicted octanol–water partition coefficient (Wildman–Crippen LogP) is 4.28. The number of rotatable bonds is 4. The van der Waals surface area contributed by atoms with Crippen LogP contribution in [-0.4, -0.2) is 16.1 Å². The lowest BCUT2D eigenvalue weighted by Crippen LogP contribution is -2.10. The number of anilines is 1. The van der Waals surface area contributed by atoms with Crippen LogP contribution in [0.2, 0.25) is 5.02 Å². The van der Waals surface area contributed by atoms with Gasteiger partial charge in [-0.05, 0) is 39.0 Å². The molecule has 0 aliphatic heterocycles. The summed E-state index contributed by atoms with van der Waals surface area (Å²) in [6.45, 7) is 5.88. The van der Waals surface area contributed by atoms with Gasteiger partial charge in [0.25, 0.3) is 0 Å². The lowest BCUT2D eigenvalue weighted by atomic mass is 10.1. The van der Waals surface area contributed by atoms with Crippen molar-refractivity contribution in [2.75, 3.05) is 5.32 Å². The van der Waals surface area contributed by atoms with Crippen molar-refractivity contribution in [1.29, 1.82) is 0 Å². The number of aryl methyl sites for hydroxylation is 2. The molecule has 1 aromatic heterocycles. The number of hydrogen-bond donors (Lipinski definition) is 2. The Bertz CT molecular complexity index is 655. The fraction of sp³-hybridized carbons (Fsp3) is 0.286. The lowest BCUT2D eigenvalue weighted by molar-refractivity contribution is 0.0698. The average Bonchev–Trinajstić information content (AvgIpc) is 2.68. The van der Waals surface area contributed by atoms with Gasteiger partial charge in [0.1, 0.15) is 0 Å². The third-order valence-corrected chi connectivity index (χ3v) is 4.41. The van der Waals surface area contributed by atoms with E-state index < -0.39 is 5.97 Å². The van der Waals surface area contributed by atoms with Gasteiger partial charge in [-0.1, -0.05) is 11.6 Å². The van der Waals surface area contributed by atoms with Crippen LogP contribution < -0.4 is 5.32 Å². The number of nitrogens with one attached hydrogen (secondary N) is 1. The summed E-state index contributed by atoms with van der Waals surface area (Å²) in [6.07, 6.45) is 0. The monoisotopic (exact) mass is 310 g/mol. The molecule has 0 spiro atoms. The van der Waals surface area contributed by atoms with E-state index in [1.54, 1.807) is 23.5 Å². The molecule has 1 aromatic carbocycles. The molecule has 0 fully saturated rings. The smallest absolute Gasteiger partial charge is 0.337 e. The molecule has 0 bridgehead atoms. The summed E-state index contributed by atoms with van der Waals surface area (Å²) >= 11 is 7.55. The fourth-order valence-corrected chi connectivity index (χ4v) is 3.17. The molecule has 1 unspecified atom stereocenters. The summed E-state index contributed by atoms with van der Waals surface area (Å²) in [6, 6.07) is 4.68. The van der Waals surface area contributed by atoms with Crippen molar-refractivity contribution in [1.82, 2.24) is 4.98 Å². The number of thiazole rings is 1. The highest BCUT2D eigenvalue weighted by Crippen LogP contribution is 2.30. The summed E-state index contributed by atoms with van der Waals surface area (Å²) in [5, 5.41) is 13.9. The molecule has 6 heteroatoms. The molecular weight excluding hydrogens is 296 g/mol. The number of nitrogens with zero attached hydrogens (tertiary/aromatic N) is 1. The first-order chi connectivity index (χ1) is 9.38. The molecule has 2 rings (SSSR count). The zero-order chi connectivity index (χ0) is 14.9. The van der Waals surface area contributed by atoms with Crippen LogP contribution in [0.25, 0.3) is 0 Å². The van der Waals surface area contributed by atoms with Gasteiger partial charge in [0.05, 0.1) is 28.0 Å². The van der Waals surface area contributed by atoms with Crippen LogP contribution in [0.4, 0.5) is 5.69 Å². The molecule has 0 saturated carbocycles. The van der Waals surface area contributed by atoms with Crippen molar-refractivity contribution in [3.8, 4) is 0 Å². The zero-order valence-electron chi connectivity index (χ0n) is 11.4. The number of benzene rings is 1. The maximum Gasteiger partial charge on any atom is 0.337 e. The number of carbonyl (C=O) groups is 1. The first-order valence-electron chi connectivity index (χ1n) is 6.11. The first-order valence-corrected chi connectivity index (χ1v) is 7.31. The van der Waals surface area contributed by atoms with E-state index in [1.165, 1.54) is 6.07 Å². The zero-order valence-corrected chi connectivity index (χ0v) is 13.0. The van der Waals surface area contributed by atoms with Gasteiger partial charge >= 0.3 is 5.97 Å². The maximum atomic E-state index is 11.2. The highest BCUT2D eigenvalue weighted by molar-refractivity contribution is 7.11. The molecular formula is C14H15ClN2O2S. The Balaban J connectivity index is 2.32. The van der Waals surface area contributed by atoms with Crippen molar-refractivity contribution in [2.24, 2.45) is 0 Å². The molecule has 0 radical (unpaired) electrons. The normalized spacial score (nSPS) is 12.2. The fourth-order valence-electron chi connectivity index (χ4n) is 2.07. The number of carboxylic acid groups (broad SMARTS) is 1. The van der Waals surface area contributed by atoms with E-state index in [0.29, 0.717) is 10.7 Å². The third kappa shape index (κ3) is 3.11. The van der Waals surface area contributed by atoms with Crippen LogP contribution >= 0.6 is 22.9 Å². The summed E-state index contributed by atoms with van der Waals surface area (Å²) in [5.74, 6) is -0.978. The molecule has 0 aliphatic carbocycles. The third-order valence-electron chi connectivity index (χ3n) is 2.92. The molecule has 106 valence electrons. The summed E-state index contributed by atoms with van der Waals surface area (Å²) in [7, 11) is 0. The largest absolute Gasteiger partial charge is 0.478 e. The number of aromatic nitrogens is 1. The van der Waals surface area contributed by atoms with Crippen LogP contribution in [0, 0.1) is 13.8 Å². The van der Waals surface area contributed by atoms with Crippen LogP contribution in [0.5, 0.6) is 0 Å². The van der Waals surface area contributed by atoms with Gasteiger partial charge in [0, 0.05) is 9.90 Å². The Labute approximate surface area is 126 Å². The van der Waals surface area contributed by atoms with Gasteiger partial charge < -0.3 is 10.4 Å². The van der Waals surface area contributed by atoms with Crippen molar-refractivity contribution >= 4 is 34.6 Å². The van der Waals surface area contributed by atoms with Crippen molar-refractivity contribution in [3.63, 3.8) is 0 Å². The van der Waals surface area contributed by atoms with Crippen LogP contribution in [0.1, 0.15) is 38.9 Å². The Morgan fingerprint density at radius 2 is 2.15 bits per heavy atom. The molecule has 20 heavy (non-hydrogen) atoms. The second-order valence-electron chi connectivity index (χ2n) is 4.54. The van der Waals surface area contributed by atoms with Crippen LogP contribution in [0.3, 0.4) is 0 Å². The van der Waals surface area contributed by atoms with E-state index in [9.17, 15) is 9.90 Å². The van der Waals surface area contributed by atoms with Gasteiger partial charge in [0.2, 0.25) is 0 Å². The minimum absolute atomic E-state index is 0.0298. The summed E-state index contributed by atoms with van der Waals surface area (Å²) < 4.78 is 0. The SMILES string of the molecule is Cc1nc(C)c(C(C)Nc2cc(Cl)ccc2C(=O)O)s1. The quantitative estimate of drug-likeness (QED) is 0.884. The van der Waals surface area contributed by atoms with Crippen molar-refractivity contribution in [2.45, 2.75) is 26.8 Å². The standard InChI is InChI=1S/C14H15ClN2O2S/c1-7-13(20-9(3)16-7)8(2)17-12-6-10(15)4-5-11(12)14(18)19/h4-6,8,17H,1-3H3,(H,18,19). The van der Waals surface area contributed by atoms with E-state index in [4.69, 9.17) is 11.6 Å². The number of carboxylic acids is 1. The van der Waals surface area contributed by atoms with E-state index in [0.717, 1.165) is 15.6 Å². The Morgan fingerprint density at radius 1 is 1.45 bits per heavy atom. The molecule has 0 saturated heterocycles. The number of aromatic carboxylic acids is 1. The minimum atomic E-state index is -0.978. The first kappa shape index (κ1) is 14.8. The number of hydrogen-bond acceptors (Lipinski definition) is 4. The molecule has 4 nitrogen and oxygen atoms in total. The molecule has 1 atom stereocenters. The Morgan fingerprint density at radius 3 is 2.70 bits per heavy atom. The maximum absolute atomic E-state index is 11.2. The van der Waals surface area contributed by atoms with Crippen molar-refractivity contribution < 1.29 is 9.90 Å². The van der Waals surface area contributed by atoms with E-state index in [-0.39, 0.29) is 11.6 Å². The summed E-state index contributed by atoms with van der Waals surface area (Å²) in [4.78, 5) is 16.7. The van der Waals surface area contributed by atoms with Crippen molar-refractivity contribution in [3.05, 3.63) is 44.4 Å². The Kier molecular flexibility index (Phi) is 4.30. The Hall–Kier alpha value is -1.59. The van der Waals surface area contributed by atoms with E-state index >= 15 is 0 Å². The second-order valence-corrected chi connectivity index (χ2v) is 6.21. The summed E-state index contributed by atoms with van der Waals surface area (Å²) in [5.41, 5.74) is 1.69. The van der Waals surface area contributed by atoms with Gasteiger partial charge in [-0.25, -0.2) is 9.78 Å². The molecule has 2 aromatic rings. The van der Waals surface area contributed by atoms with Crippen LogP contribution in [-0.2, 0) is 0 Å². The lowest BCUT2D eigenvalue weighted by Gasteiger charge is -2.16. The van der Waals surface area contributed by atoms with Crippen LogP contribution in [0.15, 0.2) is 18.2 Å². The van der Waals surface area contributed by atoms with E-state index in [2.05, 4.69) is 10.3 Å².